The van der Waals surface area contributed by atoms with Gasteiger partial charge >= 0.3 is 0 Å². The fraction of sp³-hybridized carbons (Fsp3) is 0.588. The van der Waals surface area contributed by atoms with Gasteiger partial charge in [-0.2, -0.15) is 0 Å². The lowest BCUT2D eigenvalue weighted by Gasteiger charge is -2.48. The molecular weight excluding hydrogens is 284 g/mol. The van der Waals surface area contributed by atoms with E-state index in [2.05, 4.69) is 22.2 Å². The van der Waals surface area contributed by atoms with Gasteiger partial charge in [-0.15, -0.1) is 0 Å². The fourth-order valence-corrected chi connectivity index (χ4v) is 4.93. The molecule has 0 amide bonds. The summed E-state index contributed by atoms with van der Waals surface area (Å²) in [6.45, 7) is 1.15. The lowest BCUT2D eigenvalue weighted by Crippen LogP contribution is -2.55. The van der Waals surface area contributed by atoms with Crippen LogP contribution in [0.15, 0.2) is 29.4 Å². The van der Waals surface area contributed by atoms with Crippen LogP contribution in [0, 0.1) is 5.92 Å². The van der Waals surface area contributed by atoms with Crippen molar-refractivity contribution in [2.24, 2.45) is 11.1 Å². The fourth-order valence-electron chi connectivity index (χ4n) is 4.80. The molecular formula is C17H21ClN2O. The Morgan fingerprint density at radius 1 is 1.24 bits per heavy atom. The van der Waals surface area contributed by atoms with E-state index in [0.717, 1.165) is 24.0 Å². The summed E-state index contributed by atoms with van der Waals surface area (Å²) in [6, 6.07) is 9.84. The topological polar surface area (TPSA) is 24.8 Å². The second-order valence-corrected chi connectivity index (χ2v) is 6.91. The normalized spacial score (nSPS) is 39.5. The highest BCUT2D eigenvalue weighted by molar-refractivity contribution is 6.30. The predicted octanol–water partition coefficient (Wildman–Crippen LogP) is 3.68. The molecule has 4 bridgehead atoms. The minimum Gasteiger partial charge on any atom is -0.399 e. The van der Waals surface area contributed by atoms with Crippen molar-refractivity contribution in [3.05, 3.63) is 34.9 Å². The first-order chi connectivity index (χ1) is 10.3. The lowest BCUT2D eigenvalue weighted by molar-refractivity contribution is 0.0829. The van der Waals surface area contributed by atoms with Crippen molar-refractivity contribution in [3.8, 4) is 0 Å². The number of piperidine rings is 2. The van der Waals surface area contributed by atoms with Gasteiger partial charge in [0.2, 0.25) is 0 Å². The molecule has 3 nitrogen and oxygen atoms in total. The van der Waals surface area contributed by atoms with Crippen LogP contribution < -0.4 is 0 Å². The average molecular weight is 305 g/mol. The molecule has 5 atom stereocenters. The second-order valence-electron chi connectivity index (χ2n) is 6.47. The Morgan fingerprint density at radius 3 is 2.81 bits per heavy atom. The van der Waals surface area contributed by atoms with Crippen LogP contribution in [0.2, 0.25) is 5.02 Å². The quantitative estimate of drug-likeness (QED) is 0.779. The number of rotatable bonds is 2. The number of halogens is 1. The summed E-state index contributed by atoms with van der Waals surface area (Å²) in [4.78, 5) is 7.86. The maximum atomic E-state index is 6.05. The van der Waals surface area contributed by atoms with Crippen LogP contribution in [0.25, 0.3) is 0 Å². The maximum Gasteiger partial charge on any atom is 0.106 e. The molecule has 4 heteroatoms. The van der Waals surface area contributed by atoms with E-state index in [-0.39, 0.29) is 0 Å². The Labute approximate surface area is 130 Å². The first-order valence-electron chi connectivity index (χ1n) is 7.89. The molecule has 1 aromatic carbocycles. The zero-order valence-corrected chi connectivity index (χ0v) is 13.1. The first kappa shape index (κ1) is 13.6. The minimum absolute atomic E-state index is 0.513. The van der Waals surface area contributed by atoms with Gasteiger partial charge < -0.3 is 4.84 Å². The summed E-state index contributed by atoms with van der Waals surface area (Å²) < 4.78 is 0. The number of nitrogens with zero attached hydrogens (tertiary/aromatic N) is 2. The van der Waals surface area contributed by atoms with Crippen molar-refractivity contribution in [2.45, 2.75) is 43.7 Å². The lowest BCUT2D eigenvalue weighted by atomic mass is 9.71. The van der Waals surface area contributed by atoms with Gasteiger partial charge in [0.1, 0.15) is 7.11 Å². The molecule has 112 valence electrons. The van der Waals surface area contributed by atoms with Crippen LogP contribution in [0.1, 0.15) is 37.2 Å². The largest absolute Gasteiger partial charge is 0.399 e. The van der Waals surface area contributed by atoms with Crippen LogP contribution in [-0.2, 0) is 4.84 Å². The van der Waals surface area contributed by atoms with Crippen molar-refractivity contribution in [3.63, 3.8) is 0 Å². The molecule has 21 heavy (non-hydrogen) atoms. The van der Waals surface area contributed by atoms with Gasteiger partial charge in [0.25, 0.3) is 0 Å². The molecule has 0 aromatic heterocycles. The Balaban J connectivity index is 1.73. The molecule has 0 saturated carbocycles. The highest BCUT2D eigenvalue weighted by Crippen LogP contribution is 2.50. The third-order valence-corrected chi connectivity index (χ3v) is 5.83. The standard InChI is InChI=1S/C17H21ClN2O/c1-21-19-15-8-9-20-13-6-7-16(20)17(15)14(10-13)11-2-4-12(18)5-3-11/h2-5,13-14,16-17H,6-10H2,1H3/t13?,14-,16?,17?/m1/s1. The summed E-state index contributed by atoms with van der Waals surface area (Å²) in [5.74, 6) is 1.07. The summed E-state index contributed by atoms with van der Waals surface area (Å²) in [6.07, 6.45) is 4.94. The highest BCUT2D eigenvalue weighted by Gasteiger charge is 2.51. The van der Waals surface area contributed by atoms with E-state index in [1.807, 2.05) is 12.1 Å². The monoisotopic (exact) mass is 304 g/mol. The maximum absolute atomic E-state index is 6.05. The first-order valence-corrected chi connectivity index (χ1v) is 8.27. The van der Waals surface area contributed by atoms with E-state index in [1.54, 1.807) is 7.11 Å². The molecule has 4 rings (SSSR count). The van der Waals surface area contributed by atoms with Crippen molar-refractivity contribution in [2.75, 3.05) is 13.7 Å². The van der Waals surface area contributed by atoms with Gasteiger partial charge in [0.05, 0.1) is 5.71 Å². The van der Waals surface area contributed by atoms with Gasteiger partial charge in [-0.1, -0.05) is 28.9 Å². The predicted molar refractivity (Wildman–Crippen MR) is 84.9 cm³/mol. The summed E-state index contributed by atoms with van der Waals surface area (Å²) >= 11 is 6.05. The Bertz CT molecular complexity index is 556. The minimum atomic E-state index is 0.513. The molecule has 0 spiro atoms. The Morgan fingerprint density at radius 2 is 2.05 bits per heavy atom. The van der Waals surface area contributed by atoms with E-state index >= 15 is 0 Å². The number of oxime groups is 1. The van der Waals surface area contributed by atoms with Crippen LogP contribution in [-0.4, -0.2) is 36.3 Å². The van der Waals surface area contributed by atoms with Crippen molar-refractivity contribution in [1.29, 1.82) is 0 Å². The van der Waals surface area contributed by atoms with Gasteiger partial charge in [-0.25, -0.2) is 0 Å². The number of hydrogen-bond acceptors (Lipinski definition) is 3. The summed E-state index contributed by atoms with van der Waals surface area (Å²) in [7, 11) is 1.66. The second kappa shape index (κ2) is 5.29. The van der Waals surface area contributed by atoms with Gasteiger partial charge in [-0.05, 0) is 42.9 Å². The highest BCUT2D eigenvalue weighted by atomic mass is 35.5. The van der Waals surface area contributed by atoms with Crippen LogP contribution in [0.5, 0.6) is 0 Å². The number of hydrogen-bond donors (Lipinski definition) is 0. The van der Waals surface area contributed by atoms with E-state index in [4.69, 9.17) is 16.4 Å². The number of benzene rings is 1. The van der Waals surface area contributed by atoms with Crippen molar-refractivity contribution in [1.82, 2.24) is 4.90 Å². The average Bonchev–Trinajstić information content (AvgIpc) is 2.78. The molecule has 3 heterocycles. The third-order valence-electron chi connectivity index (χ3n) is 5.58. The van der Waals surface area contributed by atoms with E-state index < -0.39 is 0 Å². The van der Waals surface area contributed by atoms with E-state index in [9.17, 15) is 0 Å². The summed E-state index contributed by atoms with van der Waals surface area (Å²) in [5, 5.41) is 5.19. The zero-order valence-electron chi connectivity index (χ0n) is 12.3. The van der Waals surface area contributed by atoms with Gasteiger partial charge in [0, 0.05) is 36.0 Å². The van der Waals surface area contributed by atoms with E-state index in [1.165, 1.54) is 30.5 Å². The Kier molecular flexibility index (Phi) is 3.43. The molecule has 3 fully saturated rings. The smallest absolute Gasteiger partial charge is 0.106 e. The van der Waals surface area contributed by atoms with Gasteiger partial charge in [0.15, 0.2) is 0 Å². The summed E-state index contributed by atoms with van der Waals surface area (Å²) in [5.41, 5.74) is 2.67. The van der Waals surface area contributed by atoms with Crippen molar-refractivity contribution >= 4 is 17.3 Å². The van der Waals surface area contributed by atoms with E-state index in [0.29, 0.717) is 17.9 Å². The molecule has 3 aliphatic rings. The van der Waals surface area contributed by atoms with Crippen molar-refractivity contribution < 1.29 is 4.84 Å². The van der Waals surface area contributed by atoms with Crippen LogP contribution in [0.3, 0.4) is 0 Å². The molecule has 3 aliphatic heterocycles. The third kappa shape index (κ3) is 2.18. The van der Waals surface area contributed by atoms with Crippen LogP contribution >= 0.6 is 11.6 Å². The Hall–Kier alpha value is -1.06. The van der Waals surface area contributed by atoms with Gasteiger partial charge in [-0.3, -0.25) is 4.90 Å². The van der Waals surface area contributed by atoms with Crippen LogP contribution in [0.4, 0.5) is 0 Å². The SMILES string of the molecule is CON=C1CCN2C3CCC2C1[C@@H](c1ccc(Cl)cc1)C3. The zero-order chi connectivity index (χ0) is 14.4. The molecule has 0 N–H and O–H groups in total. The molecule has 3 saturated heterocycles. The molecule has 0 aliphatic carbocycles. The molecule has 4 unspecified atom stereocenters. The molecule has 0 radical (unpaired) electrons. The molecule has 1 aromatic rings.